The van der Waals surface area contributed by atoms with E-state index >= 15 is 0 Å². The Kier molecular flexibility index (Phi) is 11.3. The van der Waals surface area contributed by atoms with Crippen LogP contribution >= 0.6 is 0 Å². The van der Waals surface area contributed by atoms with Crippen LogP contribution in [0.3, 0.4) is 0 Å². The van der Waals surface area contributed by atoms with Crippen molar-refractivity contribution in [2.75, 3.05) is 13.6 Å². The van der Waals surface area contributed by atoms with Crippen LogP contribution in [0, 0.1) is 37.2 Å². The maximum absolute atomic E-state index is 6.27. The molecule has 0 saturated carbocycles. The van der Waals surface area contributed by atoms with Gasteiger partial charge in [-0.2, -0.15) is 24.3 Å². The maximum Gasteiger partial charge on any atom is 0.0383 e. The summed E-state index contributed by atoms with van der Waals surface area (Å²) in [7, 11) is 4.17. The Morgan fingerprint density at radius 2 is 1.63 bits per heavy atom. The van der Waals surface area contributed by atoms with Gasteiger partial charge >= 0.3 is 0 Å². The van der Waals surface area contributed by atoms with Crippen LogP contribution in [-0.2, 0) is 7.05 Å². The Bertz CT molecular complexity index is 925. The number of hydrogen-bond acceptors (Lipinski definition) is 2. The van der Waals surface area contributed by atoms with E-state index in [0.29, 0.717) is 0 Å². The fourth-order valence-corrected chi connectivity index (χ4v) is 3.56. The molecule has 4 heteroatoms. The standard InChI is InChI=1S/C22H22N3.2C2H6.U/c1-24-13-11-18(15-24)16-7-9-17(10-8-16)22-20-6-4-3-5-19(20)21(23)12-14-25(22)2;2*1-2;/h3-9,11-13,15,22H,14,23H2,1-2H3;2*1-2H3;/q-1;;;. The van der Waals surface area contributed by atoms with Crippen molar-refractivity contribution < 1.29 is 31.1 Å². The fourth-order valence-electron chi connectivity index (χ4n) is 3.56. The maximum atomic E-state index is 6.27. The van der Waals surface area contributed by atoms with Gasteiger partial charge in [0, 0.05) is 68.2 Å². The van der Waals surface area contributed by atoms with E-state index in [1.54, 1.807) is 0 Å². The molecule has 0 saturated heterocycles. The van der Waals surface area contributed by atoms with Gasteiger partial charge in [-0.25, -0.2) is 0 Å². The second kappa shape index (κ2) is 12.9. The van der Waals surface area contributed by atoms with Crippen molar-refractivity contribution in [3.05, 3.63) is 89.8 Å². The van der Waals surface area contributed by atoms with Gasteiger partial charge in [0.05, 0.1) is 0 Å². The molecule has 2 heterocycles. The molecule has 2 aromatic carbocycles. The van der Waals surface area contributed by atoms with Crippen molar-refractivity contribution in [3.63, 3.8) is 0 Å². The van der Waals surface area contributed by atoms with Crippen LogP contribution in [0.5, 0.6) is 0 Å². The van der Waals surface area contributed by atoms with Gasteiger partial charge in [-0.15, -0.1) is 11.1 Å². The Balaban J connectivity index is 0.000000851. The van der Waals surface area contributed by atoms with E-state index in [1.807, 2.05) is 40.8 Å². The number of aryl methyl sites for hydroxylation is 1. The van der Waals surface area contributed by atoms with Crippen LogP contribution in [0.25, 0.3) is 16.8 Å². The second-order valence-corrected chi connectivity index (χ2v) is 6.69. The summed E-state index contributed by atoms with van der Waals surface area (Å²) < 4.78 is 2.06. The van der Waals surface area contributed by atoms with E-state index in [-0.39, 0.29) is 37.2 Å². The smallest absolute Gasteiger partial charge is 0.0383 e. The minimum absolute atomic E-state index is 0. The Hall–Kier alpha value is -1.73. The molecule has 0 aliphatic carbocycles. The van der Waals surface area contributed by atoms with Gasteiger partial charge in [-0.05, 0) is 31.0 Å². The number of hydrogen-bond donors (Lipinski definition) is 1. The third-order valence-electron chi connectivity index (χ3n) is 4.90. The third kappa shape index (κ3) is 5.91. The number of benzene rings is 2. The number of fused-ring (bicyclic) bond motifs is 1. The summed E-state index contributed by atoms with van der Waals surface area (Å²) >= 11 is 0. The molecule has 1 atom stereocenters. The number of likely N-dealkylation sites (N-methyl/N-ethyl adjacent to an activating group) is 1. The van der Waals surface area contributed by atoms with Crippen LogP contribution < -0.4 is 5.73 Å². The summed E-state index contributed by atoms with van der Waals surface area (Å²) in [5.41, 5.74) is 13.0. The molecule has 1 aromatic heterocycles. The van der Waals surface area contributed by atoms with E-state index in [0.717, 1.165) is 23.4 Å². The minimum atomic E-state index is 0. The van der Waals surface area contributed by atoms with Gasteiger partial charge in [-0.1, -0.05) is 57.5 Å². The molecule has 3 nitrogen and oxygen atoms in total. The fraction of sp³-hybridized carbons (Fsp3) is 0.308. The zero-order chi connectivity index (χ0) is 21.4. The molecule has 0 radical (unpaired) electrons. The molecule has 30 heavy (non-hydrogen) atoms. The third-order valence-corrected chi connectivity index (χ3v) is 4.90. The normalized spacial score (nSPS) is 15.1. The van der Waals surface area contributed by atoms with Crippen molar-refractivity contribution in [2.24, 2.45) is 12.8 Å². The van der Waals surface area contributed by atoms with Gasteiger partial charge in [0.15, 0.2) is 0 Å². The second-order valence-electron chi connectivity index (χ2n) is 6.69. The van der Waals surface area contributed by atoms with Gasteiger partial charge in [0.2, 0.25) is 0 Å². The summed E-state index contributed by atoms with van der Waals surface area (Å²) in [5, 5.41) is 0. The number of nitrogens with zero attached hydrogens (tertiary/aromatic N) is 2. The zero-order valence-corrected chi connectivity index (χ0v) is 23.3. The van der Waals surface area contributed by atoms with E-state index in [9.17, 15) is 0 Å². The zero-order valence-electron chi connectivity index (χ0n) is 19.1. The van der Waals surface area contributed by atoms with E-state index < -0.39 is 0 Å². The molecule has 0 bridgehead atoms. The number of aromatic nitrogens is 1. The van der Waals surface area contributed by atoms with Crippen molar-refractivity contribution in [2.45, 2.75) is 33.7 Å². The van der Waals surface area contributed by atoms with Crippen LogP contribution in [0.2, 0.25) is 0 Å². The predicted octanol–water partition coefficient (Wildman–Crippen LogP) is 5.88. The van der Waals surface area contributed by atoms with E-state index in [1.165, 1.54) is 16.7 Å². The largest absolute Gasteiger partial charge is 0.398 e. The first-order valence-corrected chi connectivity index (χ1v) is 10.5. The SMILES string of the molecule is CC.CC.CN1CC=C(N)c2ccccc2C1c1[c-]cc(-c2ccn(C)c2)cc1.[U]. The molecule has 0 fully saturated rings. The summed E-state index contributed by atoms with van der Waals surface area (Å²) in [6, 6.07) is 20.6. The molecule has 1 aliphatic rings. The van der Waals surface area contributed by atoms with Gasteiger partial charge in [0.1, 0.15) is 0 Å². The number of nitrogens with two attached hydrogens (primary N) is 1. The molecule has 1 unspecified atom stereocenters. The summed E-state index contributed by atoms with van der Waals surface area (Å²) in [4.78, 5) is 2.31. The van der Waals surface area contributed by atoms with Crippen LogP contribution in [0.4, 0.5) is 0 Å². The van der Waals surface area contributed by atoms with Crippen molar-refractivity contribution in [1.82, 2.24) is 9.47 Å². The van der Waals surface area contributed by atoms with Gasteiger partial charge in [-0.3, -0.25) is 4.90 Å². The molecular formula is C26H34N3U-. The molecular weight excluding hydrogens is 592 g/mol. The van der Waals surface area contributed by atoms with Gasteiger partial charge < -0.3 is 10.3 Å². The molecule has 4 rings (SSSR count). The molecule has 1 aliphatic heterocycles. The van der Waals surface area contributed by atoms with Gasteiger partial charge in [0.25, 0.3) is 0 Å². The Labute approximate surface area is 206 Å². The summed E-state index contributed by atoms with van der Waals surface area (Å²) in [6.45, 7) is 8.82. The topological polar surface area (TPSA) is 34.2 Å². The monoisotopic (exact) mass is 626 g/mol. The van der Waals surface area contributed by atoms with Crippen LogP contribution in [0.15, 0.2) is 67.0 Å². The Morgan fingerprint density at radius 1 is 0.933 bits per heavy atom. The summed E-state index contributed by atoms with van der Waals surface area (Å²) in [5.74, 6) is 0. The molecule has 3 aromatic rings. The van der Waals surface area contributed by atoms with E-state index in [4.69, 9.17) is 5.73 Å². The van der Waals surface area contributed by atoms with Crippen LogP contribution in [-0.4, -0.2) is 23.1 Å². The quantitative estimate of drug-likeness (QED) is 0.361. The van der Waals surface area contributed by atoms with Crippen LogP contribution in [0.1, 0.15) is 50.4 Å². The first-order valence-electron chi connectivity index (χ1n) is 10.5. The van der Waals surface area contributed by atoms with Crippen molar-refractivity contribution >= 4 is 5.70 Å². The first-order chi connectivity index (χ1) is 14.1. The van der Waals surface area contributed by atoms with E-state index in [2.05, 4.69) is 83.5 Å². The molecule has 158 valence electrons. The van der Waals surface area contributed by atoms with Crippen molar-refractivity contribution in [1.29, 1.82) is 0 Å². The molecule has 0 spiro atoms. The number of rotatable bonds is 2. The Morgan fingerprint density at radius 3 is 2.23 bits per heavy atom. The average molecular weight is 627 g/mol. The minimum Gasteiger partial charge on any atom is -0.398 e. The molecule has 2 N–H and O–H groups in total. The predicted molar refractivity (Wildman–Crippen MR) is 125 cm³/mol. The summed E-state index contributed by atoms with van der Waals surface area (Å²) in [6.07, 6.45) is 6.28. The van der Waals surface area contributed by atoms with Crippen molar-refractivity contribution in [3.8, 4) is 11.1 Å². The molecule has 0 amide bonds. The average Bonchev–Trinajstić information content (AvgIpc) is 3.17. The first kappa shape index (κ1) is 26.3.